The molecular weight excluding hydrogens is 222 g/mol. The molecule has 1 N–H and O–H groups in total. The third kappa shape index (κ3) is 1.70. The van der Waals surface area contributed by atoms with Crippen LogP contribution in [-0.4, -0.2) is 12.8 Å². The van der Waals surface area contributed by atoms with E-state index in [9.17, 15) is 4.79 Å². The molecule has 0 unspecified atom stereocenters. The third-order valence-corrected chi connectivity index (χ3v) is 3.65. The highest BCUT2D eigenvalue weighted by Gasteiger charge is 2.15. The van der Waals surface area contributed by atoms with Gasteiger partial charge in [-0.05, 0) is 41.7 Å². The Balaban J connectivity index is 2.08. The van der Waals surface area contributed by atoms with Crippen molar-refractivity contribution in [1.29, 1.82) is 0 Å². The molecule has 0 radical (unpaired) electrons. The standard InChI is InChI=1S/C16H15NO/c1-11-14(6-7-16-15(11)8-9-17-16)13-4-2-12(10-18)3-5-13/h2-7,10,17H,8-9H2,1H3. The predicted octanol–water partition coefficient (Wildman–Crippen LogP) is 3.44. The van der Waals surface area contributed by atoms with Crippen molar-refractivity contribution < 1.29 is 4.79 Å². The minimum Gasteiger partial charge on any atom is -0.384 e. The highest BCUT2D eigenvalue weighted by molar-refractivity contribution is 5.79. The predicted molar refractivity (Wildman–Crippen MR) is 74.2 cm³/mol. The Labute approximate surface area is 107 Å². The lowest BCUT2D eigenvalue weighted by molar-refractivity contribution is 0.112. The summed E-state index contributed by atoms with van der Waals surface area (Å²) in [5, 5.41) is 3.39. The summed E-state index contributed by atoms with van der Waals surface area (Å²) in [6.45, 7) is 3.21. The van der Waals surface area contributed by atoms with Gasteiger partial charge in [0.2, 0.25) is 0 Å². The molecule has 2 aromatic carbocycles. The monoisotopic (exact) mass is 237 g/mol. The molecule has 2 aromatic rings. The molecule has 0 aliphatic carbocycles. The van der Waals surface area contributed by atoms with Crippen molar-refractivity contribution in [2.24, 2.45) is 0 Å². The fraction of sp³-hybridized carbons (Fsp3) is 0.188. The number of aldehydes is 1. The van der Waals surface area contributed by atoms with E-state index >= 15 is 0 Å². The Kier molecular flexibility index (Phi) is 2.63. The summed E-state index contributed by atoms with van der Waals surface area (Å²) in [7, 11) is 0. The summed E-state index contributed by atoms with van der Waals surface area (Å²) >= 11 is 0. The van der Waals surface area contributed by atoms with Gasteiger partial charge in [0.05, 0.1) is 0 Å². The van der Waals surface area contributed by atoms with Gasteiger partial charge in [0.15, 0.2) is 0 Å². The van der Waals surface area contributed by atoms with Crippen LogP contribution in [0, 0.1) is 6.92 Å². The molecule has 3 rings (SSSR count). The molecule has 0 saturated heterocycles. The highest BCUT2D eigenvalue weighted by atomic mass is 16.1. The summed E-state index contributed by atoms with van der Waals surface area (Å²) in [5.74, 6) is 0. The molecular formula is C16H15NO. The van der Waals surface area contributed by atoms with Crippen molar-refractivity contribution >= 4 is 12.0 Å². The SMILES string of the molecule is Cc1c(-c2ccc(C=O)cc2)ccc2c1CCN2. The first-order valence-corrected chi connectivity index (χ1v) is 6.21. The molecule has 0 aromatic heterocycles. The smallest absolute Gasteiger partial charge is 0.150 e. The summed E-state index contributed by atoms with van der Waals surface area (Å²) in [6.07, 6.45) is 1.98. The number of benzene rings is 2. The van der Waals surface area contributed by atoms with Crippen LogP contribution in [0.4, 0.5) is 5.69 Å². The number of nitrogens with one attached hydrogen (secondary N) is 1. The Hall–Kier alpha value is -2.09. The molecule has 2 heteroatoms. The average molecular weight is 237 g/mol. The van der Waals surface area contributed by atoms with Crippen molar-refractivity contribution in [3.63, 3.8) is 0 Å². The lowest BCUT2D eigenvalue weighted by Gasteiger charge is -2.11. The van der Waals surface area contributed by atoms with E-state index in [0.717, 1.165) is 24.8 Å². The summed E-state index contributed by atoms with van der Waals surface area (Å²) in [5.41, 5.74) is 7.19. The minimum atomic E-state index is 0.722. The van der Waals surface area contributed by atoms with Gasteiger partial charge in [0, 0.05) is 17.8 Å². The molecule has 1 heterocycles. The molecule has 1 aliphatic heterocycles. The molecule has 0 saturated carbocycles. The quantitative estimate of drug-likeness (QED) is 0.811. The number of carbonyl (C=O) groups excluding carboxylic acids is 1. The lowest BCUT2D eigenvalue weighted by Crippen LogP contribution is -1.90. The van der Waals surface area contributed by atoms with E-state index < -0.39 is 0 Å². The number of anilines is 1. The fourth-order valence-corrected chi connectivity index (χ4v) is 2.62. The van der Waals surface area contributed by atoms with E-state index in [0.29, 0.717) is 0 Å². The van der Waals surface area contributed by atoms with E-state index in [1.165, 1.54) is 27.9 Å². The van der Waals surface area contributed by atoms with Crippen molar-refractivity contribution in [1.82, 2.24) is 0 Å². The van der Waals surface area contributed by atoms with Gasteiger partial charge >= 0.3 is 0 Å². The molecule has 1 aliphatic rings. The van der Waals surface area contributed by atoms with Gasteiger partial charge in [-0.3, -0.25) is 4.79 Å². The molecule has 0 spiro atoms. The average Bonchev–Trinajstić information content (AvgIpc) is 2.89. The van der Waals surface area contributed by atoms with Crippen molar-refractivity contribution in [3.8, 4) is 11.1 Å². The number of hydrogen-bond donors (Lipinski definition) is 1. The van der Waals surface area contributed by atoms with Crippen LogP contribution in [0.3, 0.4) is 0 Å². The maximum absolute atomic E-state index is 10.7. The first-order chi connectivity index (χ1) is 8.79. The summed E-state index contributed by atoms with van der Waals surface area (Å²) in [6, 6.07) is 12.1. The highest BCUT2D eigenvalue weighted by Crippen LogP contribution is 2.33. The molecule has 0 amide bonds. The van der Waals surface area contributed by atoms with Gasteiger partial charge < -0.3 is 5.32 Å². The summed E-state index contributed by atoms with van der Waals surface area (Å²) in [4.78, 5) is 10.7. The first kappa shape index (κ1) is 11.0. The Morgan fingerprint density at radius 3 is 2.61 bits per heavy atom. The van der Waals surface area contributed by atoms with Crippen LogP contribution in [-0.2, 0) is 6.42 Å². The minimum absolute atomic E-state index is 0.722. The molecule has 90 valence electrons. The van der Waals surface area contributed by atoms with Crippen LogP contribution >= 0.6 is 0 Å². The van der Waals surface area contributed by atoms with Gasteiger partial charge in [-0.1, -0.05) is 30.3 Å². The largest absolute Gasteiger partial charge is 0.384 e. The number of fused-ring (bicyclic) bond motifs is 1. The van der Waals surface area contributed by atoms with Gasteiger partial charge in [-0.2, -0.15) is 0 Å². The van der Waals surface area contributed by atoms with Crippen LogP contribution < -0.4 is 5.32 Å². The fourth-order valence-electron chi connectivity index (χ4n) is 2.62. The zero-order valence-electron chi connectivity index (χ0n) is 10.4. The summed E-state index contributed by atoms with van der Waals surface area (Å²) < 4.78 is 0. The molecule has 18 heavy (non-hydrogen) atoms. The normalized spacial score (nSPS) is 12.9. The van der Waals surface area contributed by atoms with Crippen LogP contribution in [0.25, 0.3) is 11.1 Å². The molecule has 0 bridgehead atoms. The van der Waals surface area contributed by atoms with E-state index in [2.05, 4.69) is 24.4 Å². The number of hydrogen-bond acceptors (Lipinski definition) is 2. The van der Waals surface area contributed by atoms with E-state index in [-0.39, 0.29) is 0 Å². The lowest BCUT2D eigenvalue weighted by atomic mass is 9.94. The van der Waals surface area contributed by atoms with Crippen molar-refractivity contribution in [3.05, 3.63) is 53.1 Å². The van der Waals surface area contributed by atoms with Gasteiger partial charge in [0.1, 0.15) is 6.29 Å². The van der Waals surface area contributed by atoms with Crippen molar-refractivity contribution in [2.45, 2.75) is 13.3 Å². The van der Waals surface area contributed by atoms with Gasteiger partial charge in [-0.15, -0.1) is 0 Å². The van der Waals surface area contributed by atoms with Crippen LogP contribution in [0.1, 0.15) is 21.5 Å². The van der Waals surface area contributed by atoms with Gasteiger partial charge in [-0.25, -0.2) is 0 Å². The first-order valence-electron chi connectivity index (χ1n) is 6.21. The van der Waals surface area contributed by atoms with Crippen LogP contribution in [0.15, 0.2) is 36.4 Å². The van der Waals surface area contributed by atoms with Crippen molar-refractivity contribution in [2.75, 3.05) is 11.9 Å². The van der Waals surface area contributed by atoms with E-state index in [1.54, 1.807) is 0 Å². The number of carbonyl (C=O) groups is 1. The second-order valence-corrected chi connectivity index (χ2v) is 4.68. The second-order valence-electron chi connectivity index (χ2n) is 4.68. The number of rotatable bonds is 2. The third-order valence-electron chi connectivity index (χ3n) is 3.65. The second kappa shape index (κ2) is 4.30. The molecule has 2 nitrogen and oxygen atoms in total. The van der Waals surface area contributed by atoms with Crippen LogP contribution in [0.2, 0.25) is 0 Å². The Morgan fingerprint density at radius 2 is 1.89 bits per heavy atom. The molecule has 0 atom stereocenters. The van der Waals surface area contributed by atoms with E-state index in [1.807, 2.05) is 24.3 Å². The Bertz CT molecular complexity index is 599. The Morgan fingerprint density at radius 1 is 1.11 bits per heavy atom. The van der Waals surface area contributed by atoms with Crippen LogP contribution in [0.5, 0.6) is 0 Å². The topological polar surface area (TPSA) is 29.1 Å². The zero-order valence-corrected chi connectivity index (χ0v) is 10.4. The van der Waals surface area contributed by atoms with Gasteiger partial charge in [0.25, 0.3) is 0 Å². The molecule has 0 fully saturated rings. The maximum Gasteiger partial charge on any atom is 0.150 e. The maximum atomic E-state index is 10.7. The zero-order chi connectivity index (χ0) is 12.5. The van der Waals surface area contributed by atoms with E-state index in [4.69, 9.17) is 0 Å².